The molecule has 53 heavy (non-hydrogen) atoms. The third kappa shape index (κ3) is 9.28. The van der Waals surface area contributed by atoms with Gasteiger partial charge in [-0.15, -0.1) is 0 Å². The van der Waals surface area contributed by atoms with Crippen molar-refractivity contribution < 1.29 is 40.7 Å². The van der Waals surface area contributed by atoms with Gasteiger partial charge in [0.2, 0.25) is 0 Å². The van der Waals surface area contributed by atoms with Gasteiger partial charge in [-0.25, -0.2) is 4.79 Å². The fourth-order valence-electron chi connectivity index (χ4n) is 7.61. The minimum Gasteiger partial charge on any atom is -0.425 e. The van der Waals surface area contributed by atoms with E-state index in [1.807, 2.05) is 92.7 Å². The highest BCUT2D eigenvalue weighted by Crippen LogP contribution is 2.37. The molecule has 1 amide bonds. The van der Waals surface area contributed by atoms with Gasteiger partial charge in [0.05, 0.1) is 11.1 Å². The van der Waals surface area contributed by atoms with Crippen LogP contribution in [0.3, 0.4) is 0 Å². The predicted octanol–water partition coefficient (Wildman–Crippen LogP) is 8.52. The summed E-state index contributed by atoms with van der Waals surface area (Å²) >= 11 is 0. The van der Waals surface area contributed by atoms with Crippen molar-refractivity contribution in [2.24, 2.45) is 0 Å². The number of aryl methyl sites for hydroxylation is 2. The number of nitrogens with zero attached hydrogens (tertiary/aromatic N) is 3. The molecule has 0 saturated carbocycles. The molecule has 4 aromatic rings. The maximum Gasteiger partial charge on any atom is 0.416 e. The molecule has 2 fully saturated rings. The Labute approximate surface area is 305 Å². The van der Waals surface area contributed by atoms with Gasteiger partial charge < -0.3 is 9.64 Å². The second-order valence-corrected chi connectivity index (χ2v) is 13.9. The van der Waals surface area contributed by atoms with Crippen LogP contribution in [0.4, 0.5) is 26.3 Å². The standard InChI is InChI=1S/C41H41F6N3O3/c1-27-19-28(2)21-36(20-27)53-39(52)37(30-11-7-4-8-12-30)49-17-15-48(16-18-49)34-13-14-50(35(26-34)22-29-9-5-3-6-10-29)38(51)31-23-32(40(42,43)44)25-33(24-31)41(45,46)47/h3-12,19-21,23-25,34-35,37H,13-18,22,26H2,1-2H3/t34-,35-,37?/m0/s1. The van der Waals surface area contributed by atoms with Crippen LogP contribution in [0.5, 0.6) is 5.75 Å². The highest BCUT2D eigenvalue weighted by Gasteiger charge is 2.41. The van der Waals surface area contributed by atoms with Gasteiger partial charge in [0.1, 0.15) is 11.8 Å². The zero-order valence-electron chi connectivity index (χ0n) is 29.5. The van der Waals surface area contributed by atoms with Gasteiger partial charge in [0.25, 0.3) is 5.91 Å². The number of likely N-dealkylation sites (tertiary alicyclic amines) is 1. The van der Waals surface area contributed by atoms with Gasteiger partial charge in [0, 0.05) is 50.4 Å². The first-order chi connectivity index (χ1) is 25.2. The van der Waals surface area contributed by atoms with E-state index in [0.717, 1.165) is 22.3 Å². The van der Waals surface area contributed by atoms with Crippen molar-refractivity contribution in [2.45, 2.75) is 63.6 Å². The number of amides is 1. The van der Waals surface area contributed by atoms with Crippen LogP contribution in [-0.2, 0) is 23.6 Å². The molecule has 3 atom stereocenters. The van der Waals surface area contributed by atoms with E-state index in [1.54, 1.807) is 0 Å². The topological polar surface area (TPSA) is 53.1 Å². The Balaban J connectivity index is 1.20. The largest absolute Gasteiger partial charge is 0.425 e. The number of rotatable bonds is 8. The van der Waals surface area contributed by atoms with Crippen molar-refractivity contribution >= 4 is 11.9 Å². The number of alkyl halides is 6. The summed E-state index contributed by atoms with van der Waals surface area (Å²) in [7, 11) is 0. The van der Waals surface area contributed by atoms with Crippen molar-refractivity contribution in [1.29, 1.82) is 0 Å². The fourth-order valence-corrected chi connectivity index (χ4v) is 7.61. The van der Waals surface area contributed by atoms with Crippen LogP contribution >= 0.6 is 0 Å². The molecule has 6 nitrogen and oxygen atoms in total. The highest BCUT2D eigenvalue weighted by molar-refractivity contribution is 5.95. The summed E-state index contributed by atoms with van der Waals surface area (Å²) in [5.41, 5.74) is -0.00250. The molecule has 2 saturated heterocycles. The van der Waals surface area contributed by atoms with Crippen molar-refractivity contribution in [3.8, 4) is 5.75 Å². The SMILES string of the molecule is Cc1cc(C)cc(OC(=O)C(c2ccccc2)N2CCN([C@H]3CCN(C(=O)c4cc(C(F)(F)F)cc(C(F)(F)F)c4)[C@@H](Cc4ccccc4)C3)CC2)c1. The lowest BCUT2D eigenvalue weighted by Gasteiger charge is -2.47. The fraction of sp³-hybridized carbons (Fsp3) is 0.366. The molecule has 0 aliphatic carbocycles. The Morgan fingerprint density at radius 2 is 1.30 bits per heavy atom. The second-order valence-electron chi connectivity index (χ2n) is 13.9. The van der Waals surface area contributed by atoms with Gasteiger partial charge in [-0.1, -0.05) is 66.7 Å². The van der Waals surface area contributed by atoms with Crippen LogP contribution in [-0.4, -0.2) is 71.4 Å². The summed E-state index contributed by atoms with van der Waals surface area (Å²) in [6.45, 7) is 6.37. The van der Waals surface area contributed by atoms with Gasteiger partial charge >= 0.3 is 18.3 Å². The van der Waals surface area contributed by atoms with Crippen molar-refractivity contribution in [3.63, 3.8) is 0 Å². The maximum absolute atomic E-state index is 13.9. The second kappa shape index (κ2) is 15.7. The number of esters is 1. The predicted molar refractivity (Wildman–Crippen MR) is 188 cm³/mol. The Hall–Kier alpha value is -4.68. The Bertz CT molecular complexity index is 1840. The normalized spacial score (nSPS) is 19.5. The number of carbonyl (C=O) groups excluding carboxylic acids is 2. The van der Waals surface area contributed by atoms with Gasteiger partial charge in [-0.05, 0) is 85.7 Å². The average Bonchev–Trinajstić information content (AvgIpc) is 3.11. The quantitative estimate of drug-likeness (QED) is 0.103. The summed E-state index contributed by atoms with van der Waals surface area (Å²) < 4.78 is 88.0. The van der Waals surface area contributed by atoms with Gasteiger partial charge in [0.15, 0.2) is 0 Å². The number of hydrogen-bond donors (Lipinski definition) is 0. The van der Waals surface area contributed by atoms with E-state index < -0.39 is 47.0 Å². The average molecular weight is 738 g/mol. The lowest BCUT2D eigenvalue weighted by Crippen LogP contribution is -2.57. The van der Waals surface area contributed by atoms with E-state index in [4.69, 9.17) is 4.74 Å². The summed E-state index contributed by atoms with van der Waals surface area (Å²) in [6.07, 6.45) is -8.79. The lowest BCUT2D eigenvalue weighted by molar-refractivity contribution is -0.143. The van der Waals surface area contributed by atoms with Crippen molar-refractivity contribution in [2.75, 3.05) is 32.7 Å². The zero-order chi connectivity index (χ0) is 37.9. The molecular formula is C41H41F6N3O3. The molecule has 2 aliphatic heterocycles. The number of benzene rings is 4. The molecule has 4 aromatic carbocycles. The summed E-state index contributed by atoms with van der Waals surface area (Å²) in [5, 5.41) is 0. The smallest absolute Gasteiger partial charge is 0.416 e. The van der Waals surface area contributed by atoms with Crippen LogP contribution in [0.25, 0.3) is 0 Å². The summed E-state index contributed by atoms with van der Waals surface area (Å²) in [4.78, 5) is 33.5. The third-order valence-corrected chi connectivity index (χ3v) is 10.1. The number of hydrogen-bond acceptors (Lipinski definition) is 5. The summed E-state index contributed by atoms with van der Waals surface area (Å²) in [6, 6.07) is 24.4. The molecule has 0 spiro atoms. The van der Waals surface area contributed by atoms with Crippen LogP contribution < -0.4 is 4.74 Å². The number of ether oxygens (including phenoxy) is 1. The van der Waals surface area contributed by atoms with E-state index in [1.165, 1.54) is 4.90 Å². The number of carbonyl (C=O) groups is 2. The molecule has 280 valence electrons. The van der Waals surface area contributed by atoms with Gasteiger partial charge in [-0.3, -0.25) is 14.6 Å². The molecule has 2 aliphatic rings. The number of halogens is 6. The van der Waals surface area contributed by atoms with E-state index >= 15 is 0 Å². The van der Waals surface area contributed by atoms with E-state index in [2.05, 4.69) is 9.80 Å². The van der Waals surface area contributed by atoms with Crippen molar-refractivity contribution in [3.05, 3.63) is 136 Å². The monoisotopic (exact) mass is 737 g/mol. The molecule has 12 heteroatoms. The van der Waals surface area contributed by atoms with Crippen LogP contribution in [0.1, 0.15) is 62.6 Å². The Kier molecular flexibility index (Phi) is 11.3. The van der Waals surface area contributed by atoms with E-state index in [9.17, 15) is 35.9 Å². The molecule has 1 unspecified atom stereocenters. The highest BCUT2D eigenvalue weighted by atomic mass is 19.4. The first kappa shape index (κ1) is 38.1. The molecule has 0 bridgehead atoms. The van der Waals surface area contributed by atoms with E-state index in [0.29, 0.717) is 63.3 Å². The Morgan fingerprint density at radius 1 is 0.736 bits per heavy atom. The molecule has 6 rings (SSSR count). The number of piperidine rings is 1. The summed E-state index contributed by atoms with van der Waals surface area (Å²) in [5.74, 6) is -0.760. The number of piperazine rings is 1. The third-order valence-electron chi connectivity index (χ3n) is 10.1. The first-order valence-electron chi connectivity index (χ1n) is 17.6. The van der Waals surface area contributed by atoms with Crippen LogP contribution in [0.15, 0.2) is 97.1 Å². The minimum absolute atomic E-state index is 0.000413. The molecular weight excluding hydrogens is 696 g/mol. The van der Waals surface area contributed by atoms with Gasteiger partial charge in [-0.2, -0.15) is 26.3 Å². The van der Waals surface area contributed by atoms with Crippen LogP contribution in [0.2, 0.25) is 0 Å². The molecule has 0 N–H and O–H groups in total. The van der Waals surface area contributed by atoms with Crippen LogP contribution in [0, 0.1) is 13.8 Å². The zero-order valence-corrected chi connectivity index (χ0v) is 29.5. The maximum atomic E-state index is 13.9. The Morgan fingerprint density at radius 3 is 1.87 bits per heavy atom. The molecule has 2 heterocycles. The molecule has 0 radical (unpaired) electrons. The van der Waals surface area contributed by atoms with Crippen molar-refractivity contribution in [1.82, 2.24) is 14.7 Å². The first-order valence-corrected chi connectivity index (χ1v) is 17.6. The molecule has 0 aromatic heterocycles. The lowest BCUT2D eigenvalue weighted by atomic mass is 9.90. The minimum atomic E-state index is -5.06. The van der Waals surface area contributed by atoms with E-state index in [-0.39, 0.29) is 24.6 Å².